The number of aromatic nitrogens is 1. The molecule has 1 aromatic heterocycles. The fraction of sp³-hybridized carbons (Fsp3) is 0.632. The summed E-state index contributed by atoms with van der Waals surface area (Å²) in [5.74, 6) is 0.886. The average Bonchev–Trinajstić information content (AvgIpc) is 3.20. The van der Waals surface area contributed by atoms with E-state index in [-0.39, 0.29) is 17.7 Å². The van der Waals surface area contributed by atoms with Crippen LogP contribution in [0.15, 0.2) is 24.5 Å². The van der Waals surface area contributed by atoms with Gasteiger partial charge < -0.3 is 15.0 Å². The zero-order valence-corrected chi connectivity index (χ0v) is 15.8. The number of nitrogens with one attached hydrogen (secondary N) is 1. The number of carbonyl (C=O) groups is 2. The van der Waals surface area contributed by atoms with Gasteiger partial charge in [-0.1, -0.05) is 0 Å². The average molecular weight is 360 g/mol. The van der Waals surface area contributed by atoms with Crippen molar-refractivity contribution < 1.29 is 14.3 Å². The number of carbonyl (C=O) groups excluding carboxylic acids is 2. The summed E-state index contributed by atoms with van der Waals surface area (Å²) < 4.78 is 5.85. The van der Waals surface area contributed by atoms with Crippen LogP contribution in [0.2, 0.25) is 0 Å². The summed E-state index contributed by atoms with van der Waals surface area (Å²) in [6, 6.07) is 3.99. The highest BCUT2D eigenvalue weighted by Crippen LogP contribution is 2.41. The SMILES string of the molecule is CC(C)N(C)CC(=O)N1CC[C@]2(C1)C(=O)NC[C@@H]2COc1cccnc1. The quantitative estimate of drug-likeness (QED) is 0.811. The van der Waals surface area contributed by atoms with Crippen LogP contribution in [0.3, 0.4) is 0 Å². The van der Waals surface area contributed by atoms with Crippen molar-refractivity contribution in [3.63, 3.8) is 0 Å². The van der Waals surface area contributed by atoms with Gasteiger partial charge in [0.25, 0.3) is 0 Å². The lowest BCUT2D eigenvalue weighted by Gasteiger charge is -2.29. The van der Waals surface area contributed by atoms with Gasteiger partial charge in [0.1, 0.15) is 5.75 Å². The van der Waals surface area contributed by atoms with E-state index in [1.165, 1.54) is 0 Å². The summed E-state index contributed by atoms with van der Waals surface area (Å²) in [6.07, 6.45) is 4.06. The molecular weight excluding hydrogens is 332 g/mol. The van der Waals surface area contributed by atoms with E-state index in [1.54, 1.807) is 12.4 Å². The second-order valence-electron chi connectivity index (χ2n) is 7.64. The van der Waals surface area contributed by atoms with Gasteiger partial charge in [0.15, 0.2) is 0 Å². The first-order valence-corrected chi connectivity index (χ1v) is 9.21. The lowest BCUT2D eigenvalue weighted by Crippen LogP contribution is -2.44. The molecule has 2 aliphatic heterocycles. The summed E-state index contributed by atoms with van der Waals surface area (Å²) in [6.45, 7) is 6.65. The van der Waals surface area contributed by atoms with Crippen molar-refractivity contribution in [2.24, 2.45) is 11.3 Å². The smallest absolute Gasteiger partial charge is 0.236 e. The number of rotatable bonds is 6. The Labute approximate surface area is 154 Å². The predicted molar refractivity (Wildman–Crippen MR) is 97.6 cm³/mol. The zero-order valence-electron chi connectivity index (χ0n) is 15.8. The molecule has 3 heterocycles. The number of amides is 2. The number of ether oxygens (including phenoxy) is 1. The number of hydrogen-bond acceptors (Lipinski definition) is 5. The lowest BCUT2D eigenvalue weighted by molar-refractivity contribution is -0.133. The molecule has 142 valence electrons. The molecule has 2 fully saturated rings. The van der Waals surface area contributed by atoms with Gasteiger partial charge in [-0.05, 0) is 39.4 Å². The number of nitrogens with zero attached hydrogens (tertiary/aromatic N) is 3. The third-order valence-electron chi connectivity index (χ3n) is 5.75. The van der Waals surface area contributed by atoms with E-state index in [4.69, 9.17) is 4.74 Å². The van der Waals surface area contributed by atoms with Crippen LogP contribution in [0, 0.1) is 11.3 Å². The predicted octanol–water partition coefficient (Wildman–Crippen LogP) is 0.765. The Bertz CT molecular complexity index is 651. The molecule has 26 heavy (non-hydrogen) atoms. The highest BCUT2D eigenvalue weighted by atomic mass is 16.5. The molecule has 1 aromatic rings. The van der Waals surface area contributed by atoms with Crippen LogP contribution in [0.4, 0.5) is 0 Å². The van der Waals surface area contributed by atoms with Gasteiger partial charge in [-0.2, -0.15) is 0 Å². The third kappa shape index (κ3) is 3.67. The maximum atomic E-state index is 12.6. The Morgan fingerprint density at radius 1 is 1.54 bits per heavy atom. The molecule has 1 spiro atoms. The van der Waals surface area contributed by atoms with E-state index in [2.05, 4.69) is 24.1 Å². The highest BCUT2D eigenvalue weighted by Gasteiger charge is 2.55. The van der Waals surface area contributed by atoms with Crippen LogP contribution in [-0.2, 0) is 9.59 Å². The first-order valence-electron chi connectivity index (χ1n) is 9.21. The number of likely N-dealkylation sites (N-methyl/N-ethyl adjacent to an activating group) is 1. The molecule has 0 aromatic carbocycles. The highest BCUT2D eigenvalue weighted by molar-refractivity contribution is 5.88. The van der Waals surface area contributed by atoms with Crippen LogP contribution in [0.25, 0.3) is 0 Å². The molecule has 2 atom stereocenters. The Morgan fingerprint density at radius 3 is 3.04 bits per heavy atom. The van der Waals surface area contributed by atoms with Gasteiger partial charge in [-0.25, -0.2) is 0 Å². The van der Waals surface area contributed by atoms with E-state index in [9.17, 15) is 9.59 Å². The summed E-state index contributed by atoms with van der Waals surface area (Å²) in [7, 11) is 1.95. The molecule has 0 radical (unpaired) electrons. The summed E-state index contributed by atoms with van der Waals surface area (Å²) >= 11 is 0. The Kier molecular flexibility index (Phi) is 5.46. The van der Waals surface area contributed by atoms with Crippen LogP contribution in [0.5, 0.6) is 5.75 Å². The van der Waals surface area contributed by atoms with Crippen molar-refractivity contribution in [3.05, 3.63) is 24.5 Å². The van der Waals surface area contributed by atoms with E-state index in [1.807, 2.05) is 29.0 Å². The molecule has 2 saturated heterocycles. The van der Waals surface area contributed by atoms with Crippen molar-refractivity contribution in [1.29, 1.82) is 0 Å². The Morgan fingerprint density at radius 2 is 2.35 bits per heavy atom. The van der Waals surface area contributed by atoms with Crippen LogP contribution in [0.1, 0.15) is 20.3 Å². The zero-order chi connectivity index (χ0) is 18.7. The first-order chi connectivity index (χ1) is 12.4. The molecule has 2 amide bonds. The standard InChI is InChI=1S/C19H28N4O3/c1-14(2)22(3)11-17(24)23-8-6-19(13-23)15(9-21-18(19)25)12-26-16-5-4-7-20-10-16/h4-5,7,10,14-15H,6,8-9,11-13H2,1-3H3,(H,21,25)/t15-,19-/m1/s1. The Balaban J connectivity index is 1.63. The summed E-state index contributed by atoms with van der Waals surface area (Å²) in [4.78, 5) is 33.1. The number of hydrogen-bond donors (Lipinski definition) is 1. The number of pyridine rings is 1. The van der Waals surface area contributed by atoms with Gasteiger partial charge in [-0.15, -0.1) is 0 Å². The molecule has 0 saturated carbocycles. The van der Waals surface area contributed by atoms with E-state index >= 15 is 0 Å². The van der Waals surface area contributed by atoms with Gasteiger partial charge in [0.2, 0.25) is 11.8 Å². The molecule has 7 heteroatoms. The molecule has 0 aliphatic carbocycles. The van der Waals surface area contributed by atoms with Crippen molar-refractivity contribution in [2.45, 2.75) is 26.3 Å². The minimum absolute atomic E-state index is 0.0461. The van der Waals surface area contributed by atoms with Gasteiger partial charge in [-0.3, -0.25) is 19.5 Å². The maximum absolute atomic E-state index is 12.6. The van der Waals surface area contributed by atoms with Crippen LogP contribution in [-0.4, -0.2) is 72.5 Å². The van der Waals surface area contributed by atoms with Crippen molar-refractivity contribution >= 4 is 11.8 Å². The second-order valence-corrected chi connectivity index (χ2v) is 7.64. The molecule has 3 rings (SSSR count). The monoisotopic (exact) mass is 360 g/mol. The first kappa shape index (κ1) is 18.6. The van der Waals surface area contributed by atoms with Gasteiger partial charge in [0.05, 0.1) is 24.8 Å². The normalized spacial score (nSPS) is 25.3. The molecule has 0 unspecified atom stereocenters. The van der Waals surface area contributed by atoms with E-state index < -0.39 is 5.41 Å². The second kappa shape index (κ2) is 7.61. The lowest BCUT2D eigenvalue weighted by atomic mass is 9.77. The molecule has 2 aliphatic rings. The fourth-order valence-electron chi connectivity index (χ4n) is 3.68. The molecule has 7 nitrogen and oxygen atoms in total. The molecule has 1 N–H and O–H groups in total. The number of likely N-dealkylation sites (tertiary alicyclic amines) is 1. The van der Waals surface area contributed by atoms with Crippen molar-refractivity contribution in [1.82, 2.24) is 20.1 Å². The van der Waals surface area contributed by atoms with E-state index in [0.717, 1.165) is 0 Å². The van der Waals surface area contributed by atoms with Crippen LogP contribution < -0.4 is 10.1 Å². The largest absolute Gasteiger partial charge is 0.492 e. The fourth-order valence-corrected chi connectivity index (χ4v) is 3.68. The minimum Gasteiger partial charge on any atom is -0.492 e. The van der Waals surface area contributed by atoms with E-state index in [0.29, 0.717) is 51.0 Å². The molecule has 0 bridgehead atoms. The minimum atomic E-state index is -0.533. The summed E-state index contributed by atoms with van der Waals surface area (Å²) in [5.41, 5.74) is -0.533. The van der Waals surface area contributed by atoms with Gasteiger partial charge in [0, 0.05) is 37.8 Å². The van der Waals surface area contributed by atoms with Crippen molar-refractivity contribution in [2.75, 3.05) is 39.8 Å². The third-order valence-corrected chi connectivity index (χ3v) is 5.75. The summed E-state index contributed by atoms with van der Waals surface area (Å²) in [5, 5.41) is 2.97. The molecular formula is C19H28N4O3. The van der Waals surface area contributed by atoms with Crippen molar-refractivity contribution in [3.8, 4) is 5.75 Å². The topological polar surface area (TPSA) is 74.8 Å². The van der Waals surface area contributed by atoms with Gasteiger partial charge >= 0.3 is 0 Å². The van der Waals surface area contributed by atoms with Crippen LogP contribution >= 0.6 is 0 Å². The maximum Gasteiger partial charge on any atom is 0.236 e. The Hall–Kier alpha value is -2.15.